The fraction of sp³-hybridized carbons (Fsp3) is 0.795. The zero-order valence-corrected chi connectivity index (χ0v) is 31.3. The summed E-state index contributed by atoms with van der Waals surface area (Å²) >= 11 is 0. The van der Waals surface area contributed by atoms with Gasteiger partial charge in [-0.1, -0.05) is 211 Å². The second-order valence-electron chi connectivity index (χ2n) is 14.7. The van der Waals surface area contributed by atoms with Crippen molar-refractivity contribution in [2.24, 2.45) is 0 Å². The van der Waals surface area contributed by atoms with Gasteiger partial charge in [0.1, 0.15) is 12.4 Å². The summed E-state index contributed by atoms with van der Waals surface area (Å²) in [4.78, 5) is 0. The van der Waals surface area contributed by atoms with Gasteiger partial charge in [-0.15, -0.1) is 0 Å². The molecule has 0 amide bonds. The molecule has 0 aliphatic heterocycles. The minimum atomic E-state index is 1.05. The van der Waals surface area contributed by atoms with E-state index in [9.17, 15) is 0 Å². The molecule has 1 heterocycles. The highest BCUT2D eigenvalue weighted by Gasteiger charge is 2.17. The molecule has 264 valence electrons. The first-order valence-corrected chi connectivity index (χ1v) is 21.0. The Labute approximate surface area is 288 Å². The first kappa shape index (κ1) is 40.6. The summed E-state index contributed by atoms with van der Waals surface area (Å²) in [6.45, 7) is 6.96. The summed E-state index contributed by atoms with van der Waals surface area (Å²) in [5, 5.41) is 0. The highest BCUT2D eigenvalue weighted by atomic mass is 15.1. The molecule has 0 radical (unpaired) electrons. The quantitative estimate of drug-likeness (QED) is 0.0534. The molecule has 2 aromatic rings. The van der Waals surface area contributed by atoms with Crippen molar-refractivity contribution in [2.45, 2.75) is 226 Å². The van der Waals surface area contributed by atoms with Gasteiger partial charge >= 0.3 is 0 Å². The molecule has 0 unspecified atom stereocenters. The van der Waals surface area contributed by atoms with E-state index in [-0.39, 0.29) is 0 Å². The van der Waals surface area contributed by atoms with E-state index in [4.69, 9.17) is 0 Å². The molecule has 0 aliphatic carbocycles. The molecule has 1 aromatic heterocycles. The van der Waals surface area contributed by atoms with Crippen LogP contribution in [0, 0.1) is 0 Å². The second-order valence-corrected chi connectivity index (χ2v) is 14.7. The summed E-state index contributed by atoms with van der Waals surface area (Å²) < 4.78 is 5.14. The van der Waals surface area contributed by atoms with Gasteiger partial charge in [0.25, 0.3) is 5.82 Å². The van der Waals surface area contributed by atoms with Gasteiger partial charge in [-0.05, 0) is 31.2 Å². The SMILES string of the molecule is CCCCCCCCCCCCCCCCCn1cc[n+](CCCCCCCCCCCCCCCCC)c1Cc1ccccc1. The van der Waals surface area contributed by atoms with E-state index >= 15 is 0 Å². The Kier molecular flexibility index (Phi) is 27.1. The predicted octanol–water partition coefficient (Wildman–Crippen LogP) is 14.1. The molecule has 0 N–H and O–H groups in total. The van der Waals surface area contributed by atoms with Crippen LogP contribution in [-0.4, -0.2) is 4.57 Å². The standard InChI is InChI=1S/C44H79N2/c1-3-5-7-9-11-13-15-17-19-21-23-25-27-29-34-38-45-40-41-46(44(45)42-43-36-32-31-33-37-43)39-35-30-28-26-24-22-20-18-16-14-12-10-8-6-4-2/h31-33,36-37,40-41H,3-30,34-35,38-39,42H2,1-2H3/q+1. The molecule has 0 spiro atoms. The van der Waals surface area contributed by atoms with Gasteiger partial charge in [-0.25, -0.2) is 9.13 Å². The summed E-state index contributed by atoms with van der Waals surface area (Å²) in [6, 6.07) is 11.1. The lowest BCUT2D eigenvalue weighted by atomic mass is 10.0. The third-order valence-electron chi connectivity index (χ3n) is 10.3. The zero-order valence-electron chi connectivity index (χ0n) is 31.3. The van der Waals surface area contributed by atoms with Crippen molar-refractivity contribution >= 4 is 0 Å². The average molecular weight is 636 g/mol. The van der Waals surface area contributed by atoms with Crippen LogP contribution in [0.4, 0.5) is 0 Å². The van der Waals surface area contributed by atoms with Crippen molar-refractivity contribution in [3.63, 3.8) is 0 Å². The Hall–Kier alpha value is -1.57. The van der Waals surface area contributed by atoms with Gasteiger partial charge in [0.15, 0.2) is 0 Å². The highest BCUT2D eigenvalue weighted by molar-refractivity contribution is 5.18. The highest BCUT2D eigenvalue weighted by Crippen LogP contribution is 2.16. The smallest absolute Gasteiger partial charge is 0.234 e. The third-order valence-corrected chi connectivity index (χ3v) is 10.3. The van der Waals surface area contributed by atoms with Gasteiger partial charge in [-0.3, -0.25) is 0 Å². The number of rotatable bonds is 34. The Morgan fingerprint density at radius 2 is 0.804 bits per heavy atom. The molecule has 1 aromatic carbocycles. The predicted molar refractivity (Wildman–Crippen MR) is 204 cm³/mol. The number of nitrogens with zero attached hydrogens (tertiary/aromatic N) is 2. The van der Waals surface area contributed by atoms with Crippen LogP contribution in [0.15, 0.2) is 42.7 Å². The monoisotopic (exact) mass is 636 g/mol. The molecular formula is C44H79N2+. The van der Waals surface area contributed by atoms with Crippen LogP contribution in [0.5, 0.6) is 0 Å². The molecule has 2 rings (SSSR count). The molecule has 46 heavy (non-hydrogen) atoms. The number of hydrogen-bond donors (Lipinski definition) is 0. The van der Waals surface area contributed by atoms with E-state index in [1.165, 1.54) is 217 Å². The lowest BCUT2D eigenvalue weighted by molar-refractivity contribution is -0.703. The van der Waals surface area contributed by atoms with Crippen LogP contribution in [-0.2, 0) is 19.5 Å². The molecule has 2 heteroatoms. The summed E-state index contributed by atoms with van der Waals surface area (Å²) in [7, 11) is 0. The number of unbranched alkanes of at least 4 members (excludes halogenated alkanes) is 28. The molecule has 0 saturated heterocycles. The van der Waals surface area contributed by atoms with E-state index < -0.39 is 0 Å². The van der Waals surface area contributed by atoms with Crippen molar-refractivity contribution in [2.75, 3.05) is 0 Å². The zero-order chi connectivity index (χ0) is 32.6. The summed E-state index contributed by atoms with van der Waals surface area (Å²) in [6.07, 6.45) is 48.7. The third kappa shape index (κ3) is 22.1. The maximum atomic E-state index is 2.57. The van der Waals surface area contributed by atoms with Crippen molar-refractivity contribution in [1.29, 1.82) is 0 Å². The van der Waals surface area contributed by atoms with Gasteiger partial charge in [0.2, 0.25) is 0 Å². The van der Waals surface area contributed by atoms with E-state index in [0.29, 0.717) is 0 Å². The lowest BCUT2D eigenvalue weighted by Gasteiger charge is -2.07. The Balaban J connectivity index is 1.54. The van der Waals surface area contributed by atoms with E-state index in [0.717, 1.165) is 6.42 Å². The van der Waals surface area contributed by atoms with Crippen LogP contribution in [0.25, 0.3) is 0 Å². The van der Waals surface area contributed by atoms with Crippen molar-refractivity contribution in [1.82, 2.24) is 4.57 Å². The Morgan fingerprint density at radius 3 is 1.22 bits per heavy atom. The van der Waals surface area contributed by atoms with Gasteiger partial charge in [0, 0.05) is 0 Å². The molecule has 0 saturated carbocycles. The van der Waals surface area contributed by atoms with Crippen LogP contribution < -0.4 is 4.57 Å². The maximum Gasteiger partial charge on any atom is 0.260 e. The molecule has 2 nitrogen and oxygen atoms in total. The van der Waals surface area contributed by atoms with Crippen LogP contribution >= 0.6 is 0 Å². The van der Waals surface area contributed by atoms with E-state index in [2.05, 4.69) is 65.7 Å². The Bertz CT molecular complexity index is 833. The normalized spacial score (nSPS) is 11.5. The van der Waals surface area contributed by atoms with E-state index in [1.54, 1.807) is 0 Å². The van der Waals surface area contributed by atoms with Gasteiger partial charge < -0.3 is 0 Å². The van der Waals surface area contributed by atoms with Crippen molar-refractivity contribution in [3.8, 4) is 0 Å². The molecule has 0 aliphatic rings. The van der Waals surface area contributed by atoms with Crippen LogP contribution in [0.1, 0.15) is 218 Å². The van der Waals surface area contributed by atoms with E-state index in [1.807, 2.05) is 0 Å². The minimum Gasteiger partial charge on any atom is -0.234 e. The van der Waals surface area contributed by atoms with Gasteiger partial charge in [0.05, 0.1) is 19.5 Å². The average Bonchev–Trinajstić information content (AvgIpc) is 3.45. The molecule has 0 atom stereocenters. The fourth-order valence-corrected chi connectivity index (χ4v) is 7.19. The number of imidazole rings is 1. The largest absolute Gasteiger partial charge is 0.260 e. The number of aromatic nitrogens is 2. The second kappa shape index (κ2) is 30.7. The molecule has 0 fully saturated rings. The number of hydrogen-bond acceptors (Lipinski definition) is 0. The molecule has 0 bridgehead atoms. The number of benzene rings is 1. The van der Waals surface area contributed by atoms with Gasteiger partial charge in [-0.2, -0.15) is 0 Å². The van der Waals surface area contributed by atoms with Crippen molar-refractivity contribution < 1.29 is 4.57 Å². The Morgan fingerprint density at radius 1 is 0.435 bits per heavy atom. The lowest BCUT2D eigenvalue weighted by Crippen LogP contribution is -2.37. The van der Waals surface area contributed by atoms with Crippen LogP contribution in [0.2, 0.25) is 0 Å². The first-order chi connectivity index (χ1) is 22.8. The minimum absolute atomic E-state index is 1.05. The first-order valence-electron chi connectivity index (χ1n) is 21.0. The number of aryl methyl sites for hydroxylation is 2. The summed E-state index contributed by atoms with van der Waals surface area (Å²) in [5.41, 5.74) is 1.43. The van der Waals surface area contributed by atoms with Crippen LogP contribution in [0.3, 0.4) is 0 Å². The summed E-state index contributed by atoms with van der Waals surface area (Å²) in [5.74, 6) is 1.50. The maximum absolute atomic E-state index is 2.57. The topological polar surface area (TPSA) is 8.81 Å². The fourth-order valence-electron chi connectivity index (χ4n) is 7.19. The molecular weight excluding hydrogens is 556 g/mol. The van der Waals surface area contributed by atoms with Crippen molar-refractivity contribution in [3.05, 3.63) is 54.1 Å².